The molecule has 3 heterocycles. The molecule has 0 saturated heterocycles. The van der Waals surface area contributed by atoms with Gasteiger partial charge in [-0.15, -0.1) is 11.3 Å². The number of nitrogens with zero attached hydrogens (tertiary/aromatic N) is 2. The van der Waals surface area contributed by atoms with Crippen LogP contribution in [0.1, 0.15) is 78.0 Å². The van der Waals surface area contributed by atoms with E-state index in [1.165, 1.54) is 132 Å². The number of anilines is 6. The van der Waals surface area contributed by atoms with Crippen molar-refractivity contribution in [1.82, 2.24) is 0 Å². The Morgan fingerprint density at radius 2 is 0.868 bits per heavy atom. The van der Waals surface area contributed by atoms with Gasteiger partial charge in [0, 0.05) is 54.0 Å². The molecule has 13 rings (SSSR count). The lowest BCUT2D eigenvalue weighted by Crippen LogP contribution is -2.61. The third-order valence-electron chi connectivity index (χ3n) is 16.2. The fourth-order valence-corrected chi connectivity index (χ4v) is 13.5. The number of aryl methyl sites for hydroxylation is 1. The van der Waals surface area contributed by atoms with E-state index in [0.29, 0.717) is 0 Å². The van der Waals surface area contributed by atoms with Gasteiger partial charge in [-0.05, 0) is 139 Å². The summed E-state index contributed by atoms with van der Waals surface area (Å²) >= 11 is 1.96. The largest absolute Gasteiger partial charge is 0.311 e. The smallest absolute Gasteiger partial charge is 0.252 e. The number of thiophene rings is 1. The molecule has 0 N–H and O–H groups in total. The van der Waals surface area contributed by atoms with Crippen LogP contribution in [0.25, 0.3) is 64.7 Å². The van der Waals surface area contributed by atoms with Gasteiger partial charge in [-0.1, -0.05) is 225 Å². The van der Waals surface area contributed by atoms with Crippen LogP contribution in [0.15, 0.2) is 218 Å². The van der Waals surface area contributed by atoms with Crippen molar-refractivity contribution in [3.8, 4) is 44.5 Å². The quantitative estimate of drug-likeness (QED) is 0.133. The van der Waals surface area contributed by atoms with E-state index in [9.17, 15) is 0 Å². The predicted molar refractivity (Wildman–Crippen MR) is 331 cm³/mol. The summed E-state index contributed by atoms with van der Waals surface area (Å²) in [7, 11) is 0. The molecule has 0 saturated carbocycles. The molecular weight excluding hydrogens is 936 g/mol. The van der Waals surface area contributed by atoms with Gasteiger partial charge in [-0.3, -0.25) is 0 Å². The lowest BCUT2D eigenvalue weighted by atomic mass is 9.33. The molecule has 0 bridgehead atoms. The van der Waals surface area contributed by atoms with E-state index in [-0.39, 0.29) is 17.5 Å². The van der Waals surface area contributed by atoms with Crippen LogP contribution in [0.4, 0.5) is 34.1 Å². The zero-order chi connectivity index (χ0) is 51.9. The molecule has 0 aliphatic carbocycles. The Hall–Kier alpha value is -7.92. The number of hydrogen-bond donors (Lipinski definition) is 0. The Bertz CT molecular complexity index is 3930. The van der Waals surface area contributed by atoms with E-state index in [4.69, 9.17) is 0 Å². The zero-order valence-corrected chi connectivity index (χ0v) is 45.6. The summed E-state index contributed by atoms with van der Waals surface area (Å²) in [6.45, 7) is 16.4. The second-order valence-electron chi connectivity index (χ2n) is 23.1. The second-order valence-corrected chi connectivity index (χ2v) is 24.2. The normalized spacial score (nSPS) is 13.0. The van der Waals surface area contributed by atoms with E-state index in [1.54, 1.807) is 0 Å². The van der Waals surface area contributed by atoms with Crippen LogP contribution in [0, 0.1) is 0 Å². The van der Waals surface area contributed by atoms with Gasteiger partial charge in [-0.25, -0.2) is 0 Å². The van der Waals surface area contributed by atoms with Gasteiger partial charge in [0.15, 0.2) is 0 Å². The number of unbranched alkanes of at least 4 members (excludes halogenated alkanes) is 1. The molecule has 0 radical (unpaired) electrons. The average Bonchev–Trinajstić information content (AvgIpc) is 3.96. The number of hydrogen-bond acceptors (Lipinski definition) is 3. The van der Waals surface area contributed by atoms with Gasteiger partial charge in [0.05, 0.1) is 11.4 Å². The van der Waals surface area contributed by atoms with Crippen LogP contribution in [-0.2, 0) is 17.3 Å². The monoisotopic (exact) mass is 998 g/mol. The Labute approximate surface area is 454 Å². The van der Waals surface area contributed by atoms with Crippen molar-refractivity contribution in [3.63, 3.8) is 0 Å². The molecule has 370 valence electrons. The minimum absolute atomic E-state index is 0.0924. The Morgan fingerprint density at radius 1 is 0.408 bits per heavy atom. The lowest BCUT2D eigenvalue weighted by Gasteiger charge is -2.46. The Kier molecular flexibility index (Phi) is 11.8. The lowest BCUT2D eigenvalue weighted by molar-refractivity contribution is 0.590. The first-order valence-electron chi connectivity index (χ1n) is 27.3. The van der Waals surface area contributed by atoms with Crippen LogP contribution in [0.5, 0.6) is 0 Å². The molecule has 4 heteroatoms. The first kappa shape index (κ1) is 47.8. The first-order valence-corrected chi connectivity index (χ1v) is 28.2. The molecule has 11 aromatic rings. The summed E-state index contributed by atoms with van der Waals surface area (Å²) in [5, 5.41) is 2.69. The minimum atomic E-state index is -0.186. The molecule has 0 amide bonds. The van der Waals surface area contributed by atoms with Crippen LogP contribution < -0.4 is 26.2 Å². The maximum atomic E-state index is 2.70. The van der Waals surface area contributed by atoms with Gasteiger partial charge >= 0.3 is 0 Å². The summed E-state index contributed by atoms with van der Waals surface area (Å²) in [6.07, 6.45) is 3.21. The van der Waals surface area contributed by atoms with Crippen molar-refractivity contribution in [2.75, 3.05) is 9.80 Å². The molecule has 10 aromatic carbocycles. The summed E-state index contributed by atoms with van der Waals surface area (Å²) in [5.41, 5.74) is 24.8. The molecule has 0 unspecified atom stereocenters. The summed E-state index contributed by atoms with van der Waals surface area (Å²) in [4.78, 5) is 5.40. The third-order valence-corrected chi connectivity index (χ3v) is 17.4. The highest BCUT2D eigenvalue weighted by molar-refractivity contribution is 7.26. The fourth-order valence-electron chi connectivity index (χ4n) is 12.2. The second kappa shape index (κ2) is 18.7. The van der Waals surface area contributed by atoms with Gasteiger partial charge < -0.3 is 9.80 Å². The highest BCUT2D eigenvalue weighted by Crippen LogP contribution is 2.53. The van der Waals surface area contributed by atoms with E-state index < -0.39 is 0 Å². The summed E-state index contributed by atoms with van der Waals surface area (Å²) in [5.74, 6) is 0. The standard InChI is InChI=1S/C72H63BN2S/c1-8-9-32-57-62(40-37-56-55-33-22-23-34-67(55)76-70(56)57)74-63-38-35-51(47-24-14-10-15-25-47)41-60(63)73-61-42-52(48-26-16-11-17-27-48)36-39-64(61)75(66-46-54(72(5,6)7)45-65(74)68(66)73)69-58(49-28-18-12-19-29-49)43-53(71(2,3)4)44-59(69)50-30-20-13-21-31-50/h10-31,33-46H,8-9,32H2,1-7H3. The summed E-state index contributed by atoms with van der Waals surface area (Å²) in [6, 6.07) is 83.0. The van der Waals surface area contributed by atoms with Crippen molar-refractivity contribution < 1.29 is 0 Å². The van der Waals surface area contributed by atoms with Gasteiger partial charge in [0.2, 0.25) is 0 Å². The molecule has 0 fully saturated rings. The molecule has 2 aliphatic rings. The maximum absolute atomic E-state index is 2.70. The number of rotatable bonds is 9. The van der Waals surface area contributed by atoms with Crippen molar-refractivity contribution in [2.45, 2.75) is 78.6 Å². The van der Waals surface area contributed by atoms with Crippen molar-refractivity contribution >= 4 is 88.7 Å². The third kappa shape index (κ3) is 8.08. The highest BCUT2D eigenvalue weighted by Gasteiger charge is 2.46. The minimum Gasteiger partial charge on any atom is -0.311 e. The molecule has 2 aliphatic heterocycles. The van der Waals surface area contributed by atoms with Crippen molar-refractivity contribution in [1.29, 1.82) is 0 Å². The molecule has 0 spiro atoms. The maximum Gasteiger partial charge on any atom is 0.252 e. The molecule has 76 heavy (non-hydrogen) atoms. The number of fused-ring (bicyclic) bond motifs is 7. The van der Waals surface area contributed by atoms with Crippen LogP contribution in [0.3, 0.4) is 0 Å². The predicted octanol–water partition coefficient (Wildman–Crippen LogP) is 18.7. The first-order chi connectivity index (χ1) is 36.9. The van der Waals surface area contributed by atoms with Gasteiger partial charge in [0.25, 0.3) is 6.71 Å². The molecular formula is C72H63BN2S. The van der Waals surface area contributed by atoms with Crippen LogP contribution in [-0.4, -0.2) is 6.71 Å². The SMILES string of the molecule is CCCCc1c(N2c3ccc(-c4ccccc4)cc3B3c4cc(-c5ccccc5)ccc4N(c4c(-c5ccccc5)cc(C(C)(C)C)cc4-c4ccccc4)c4cc(C(C)(C)C)cc2c43)ccc2c1sc1ccccc12. The molecule has 0 atom stereocenters. The van der Waals surface area contributed by atoms with Crippen molar-refractivity contribution in [3.05, 3.63) is 235 Å². The van der Waals surface area contributed by atoms with Crippen LogP contribution in [0.2, 0.25) is 0 Å². The van der Waals surface area contributed by atoms with Gasteiger partial charge in [0.1, 0.15) is 0 Å². The topological polar surface area (TPSA) is 6.48 Å². The van der Waals surface area contributed by atoms with E-state index >= 15 is 0 Å². The van der Waals surface area contributed by atoms with Gasteiger partial charge in [-0.2, -0.15) is 0 Å². The fraction of sp³-hybridized carbons (Fsp3) is 0.167. The highest BCUT2D eigenvalue weighted by atomic mass is 32.1. The van der Waals surface area contributed by atoms with Crippen LogP contribution >= 0.6 is 11.3 Å². The Morgan fingerprint density at radius 3 is 1.39 bits per heavy atom. The number of benzene rings is 10. The average molecular weight is 999 g/mol. The van der Waals surface area contributed by atoms with E-state index in [2.05, 4.69) is 277 Å². The van der Waals surface area contributed by atoms with Crippen molar-refractivity contribution in [2.24, 2.45) is 0 Å². The molecule has 1 aromatic heterocycles. The van der Waals surface area contributed by atoms with E-state index in [1.807, 2.05) is 11.3 Å². The zero-order valence-electron chi connectivity index (χ0n) is 44.8. The van der Waals surface area contributed by atoms with E-state index in [0.717, 1.165) is 19.3 Å². The Balaban J connectivity index is 1.21. The summed E-state index contributed by atoms with van der Waals surface area (Å²) < 4.78 is 2.74. The molecule has 2 nitrogen and oxygen atoms in total.